The van der Waals surface area contributed by atoms with E-state index in [-0.39, 0.29) is 18.2 Å². The summed E-state index contributed by atoms with van der Waals surface area (Å²) in [6, 6.07) is 6.53. The first-order valence-corrected chi connectivity index (χ1v) is 9.04. The smallest absolute Gasteiger partial charge is 0.406 e. The zero-order valence-corrected chi connectivity index (χ0v) is 16.7. The molecule has 3 rings (SSSR count). The molecule has 0 aliphatic carbocycles. The summed E-state index contributed by atoms with van der Waals surface area (Å²) in [5.41, 5.74) is 3.99. The molecule has 0 unspecified atom stereocenters. The van der Waals surface area contributed by atoms with Crippen LogP contribution in [0.3, 0.4) is 0 Å². The first-order chi connectivity index (χ1) is 13.5. The van der Waals surface area contributed by atoms with E-state index in [2.05, 4.69) is 9.72 Å². The highest BCUT2D eigenvalue weighted by Gasteiger charge is 2.31. The second-order valence-corrected chi connectivity index (χ2v) is 7.18. The molecule has 0 bridgehead atoms. The van der Waals surface area contributed by atoms with E-state index in [1.54, 1.807) is 34.1 Å². The average Bonchev–Trinajstić information content (AvgIpc) is 3.00. The molecule has 0 N–H and O–H groups in total. The quantitative estimate of drug-likeness (QED) is 0.638. The van der Waals surface area contributed by atoms with Gasteiger partial charge in [0.1, 0.15) is 12.3 Å². The van der Waals surface area contributed by atoms with E-state index in [1.807, 2.05) is 22.9 Å². The van der Waals surface area contributed by atoms with Crippen LogP contribution >= 0.6 is 0 Å². The number of pyridine rings is 1. The largest absolute Gasteiger partial charge is 0.573 e. The van der Waals surface area contributed by atoms with Gasteiger partial charge in [-0.2, -0.15) is 0 Å². The van der Waals surface area contributed by atoms with Crippen LogP contribution in [0.4, 0.5) is 13.2 Å². The topological polar surface area (TPSA) is 47.4 Å². The molecule has 5 nitrogen and oxygen atoms in total. The van der Waals surface area contributed by atoms with Gasteiger partial charge < -0.3 is 14.2 Å². The molecule has 2 heterocycles. The lowest BCUT2D eigenvalue weighted by Crippen LogP contribution is -2.25. The van der Waals surface area contributed by atoms with Crippen molar-refractivity contribution >= 4 is 16.8 Å². The van der Waals surface area contributed by atoms with Crippen molar-refractivity contribution in [2.75, 3.05) is 14.1 Å². The number of hydrogen-bond donors (Lipinski definition) is 0. The molecule has 29 heavy (non-hydrogen) atoms. The second kappa shape index (κ2) is 7.77. The molecule has 0 atom stereocenters. The van der Waals surface area contributed by atoms with Crippen molar-refractivity contribution < 1.29 is 22.7 Å². The Morgan fingerprint density at radius 2 is 1.83 bits per heavy atom. The SMILES string of the molecule is Cc1cc(OC(F)(F)F)cc(C)c1Cc1nccc2c1ccn2CC(=O)N(C)C. The number of aryl methyl sites for hydroxylation is 2. The fourth-order valence-electron chi connectivity index (χ4n) is 3.34. The van der Waals surface area contributed by atoms with Crippen LogP contribution in [0.2, 0.25) is 0 Å². The van der Waals surface area contributed by atoms with Crippen molar-refractivity contribution in [1.82, 2.24) is 14.5 Å². The minimum Gasteiger partial charge on any atom is -0.406 e. The van der Waals surface area contributed by atoms with E-state index in [9.17, 15) is 18.0 Å². The van der Waals surface area contributed by atoms with Gasteiger partial charge in [-0.3, -0.25) is 9.78 Å². The molecule has 0 spiro atoms. The van der Waals surface area contributed by atoms with Crippen LogP contribution < -0.4 is 4.74 Å². The normalized spacial score (nSPS) is 11.7. The Morgan fingerprint density at radius 3 is 2.41 bits per heavy atom. The maximum absolute atomic E-state index is 12.5. The van der Waals surface area contributed by atoms with Gasteiger partial charge in [-0.05, 0) is 54.8 Å². The van der Waals surface area contributed by atoms with Gasteiger partial charge in [0, 0.05) is 38.3 Å². The third-order valence-electron chi connectivity index (χ3n) is 4.83. The van der Waals surface area contributed by atoms with E-state index in [0.717, 1.165) is 22.2 Å². The number of carbonyl (C=O) groups excluding carboxylic acids is 1. The molecule has 1 aromatic carbocycles. The molecule has 0 aliphatic heterocycles. The summed E-state index contributed by atoms with van der Waals surface area (Å²) in [7, 11) is 3.41. The first kappa shape index (κ1) is 20.7. The Kier molecular flexibility index (Phi) is 5.55. The van der Waals surface area contributed by atoms with Crippen molar-refractivity contribution in [3.05, 3.63) is 59.0 Å². The standard InChI is InChI=1S/C21H22F3N3O2/c1-13-9-15(29-21(22,23)24)10-14(2)17(13)11-18-16-6-8-27(12-20(28)26(3)4)19(16)5-7-25-18/h5-10H,11-12H2,1-4H3. The molecule has 8 heteroatoms. The predicted octanol–water partition coefficient (Wildman–Crippen LogP) is 4.23. The third-order valence-corrected chi connectivity index (χ3v) is 4.83. The summed E-state index contributed by atoms with van der Waals surface area (Å²) < 4.78 is 43.4. The summed E-state index contributed by atoms with van der Waals surface area (Å²) in [4.78, 5) is 18.1. The van der Waals surface area contributed by atoms with E-state index in [1.165, 1.54) is 17.0 Å². The average molecular weight is 405 g/mol. The van der Waals surface area contributed by atoms with Gasteiger partial charge in [-0.25, -0.2) is 0 Å². The summed E-state index contributed by atoms with van der Waals surface area (Å²) >= 11 is 0. The van der Waals surface area contributed by atoms with Crippen LogP contribution in [-0.2, 0) is 17.8 Å². The molecule has 2 aromatic heterocycles. The number of rotatable bonds is 5. The van der Waals surface area contributed by atoms with Gasteiger partial charge in [0.15, 0.2) is 0 Å². The molecule has 0 saturated carbocycles. The fourth-order valence-corrected chi connectivity index (χ4v) is 3.34. The Labute approximate surface area is 166 Å². The second-order valence-electron chi connectivity index (χ2n) is 7.18. The van der Waals surface area contributed by atoms with E-state index in [4.69, 9.17) is 0 Å². The third kappa shape index (κ3) is 4.70. The summed E-state index contributed by atoms with van der Waals surface area (Å²) in [5, 5.41) is 0.911. The van der Waals surface area contributed by atoms with Crippen LogP contribution in [0.25, 0.3) is 10.9 Å². The molecule has 0 aliphatic rings. The lowest BCUT2D eigenvalue weighted by molar-refractivity contribution is -0.274. The highest BCUT2D eigenvalue weighted by Crippen LogP contribution is 2.29. The molecular weight excluding hydrogens is 383 g/mol. The number of alkyl halides is 3. The maximum Gasteiger partial charge on any atom is 0.573 e. The summed E-state index contributed by atoms with van der Waals surface area (Å²) in [6.07, 6.45) is -0.731. The first-order valence-electron chi connectivity index (χ1n) is 9.04. The Bertz CT molecular complexity index is 1030. The van der Waals surface area contributed by atoms with Crippen LogP contribution in [-0.4, -0.2) is 40.8 Å². The highest BCUT2D eigenvalue weighted by atomic mass is 19.4. The van der Waals surface area contributed by atoms with Crippen LogP contribution in [0.1, 0.15) is 22.4 Å². The highest BCUT2D eigenvalue weighted by molar-refractivity contribution is 5.85. The van der Waals surface area contributed by atoms with Crippen molar-refractivity contribution in [1.29, 1.82) is 0 Å². The van der Waals surface area contributed by atoms with E-state index >= 15 is 0 Å². The number of benzene rings is 1. The Morgan fingerprint density at radius 1 is 1.17 bits per heavy atom. The van der Waals surface area contributed by atoms with Crippen molar-refractivity contribution in [3.63, 3.8) is 0 Å². The van der Waals surface area contributed by atoms with Crippen LogP contribution in [0, 0.1) is 13.8 Å². The van der Waals surface area contributed by atoms with Gasteiger partial charge in [0.05, 0.1) is 11.2 Å². The lowest BCUT2D eigenvalue weighted by Gasteiger charge is -2.15. The fraction of sp³-hybridized carbons (Fsp3) is 0.333. The molecule has 0 fully saturated rings. The molecular formula is C21H22F3N3O2. The minimum atomic E-state index is -4.72. The van der Waals surface area contributed by atoms with Gasteiger partial charge in [0.25, 0.3) is 0 Å². The van der Waals surface area contributed by atoms with Gasteiger partial charge in [-0.1, -0.05) is 0 Å². The summed E-state index contributed by atoms with van der Waals surface area (Å²) in [5.74, 6) is -0.247. The molecule has 154 valence electrons. The number of fused-ring (bicyclic) bond motifs is 1. The zero-order valence-electron chi connectivity index (χ0n) is 16.7. The molecule has 0 radical (unpaired) electrons. The number of hydrogen-bond acceptors (Lipinski definition) is 3. The van der Waals surface area contributed by atoms with Crippen molar-refractivity contribution in [2.24, 2.45) is 0 Å². The number of ether oxygens (including phenoxy) is 1. The molecule has 0 saturated heterocycles. The summed E-state index contributed by atoms with van der Waals surface area (Å²) in [6.45, 7) is 3.74. The lowest BCUT2D eigenvalue weighted by atomic mass is 9.97. The van der Waals surface area contributed by atoms with E-state index in [0.29, 0.717) is 17.5 Å². The number of carbonyl (C=O) groups is 1. The van der Waals surface area contributed by atoms with Crippen molar-refractivity contribution in [3.8, 4) is 5.75 Å². The number of amides is 1. The van der Waals surface area contributed by atoms with Crippen LogP contribution in [0.15, 0.2) is 36.7 Å². The maximum atomic E-state index is 12.5. The van der Waals surface area contributed by atoms with Gasteiger partial charge >= 0.3 is 6.36 Å². The van der Waals surface area contributed by atoms with Gasteiger partial charge in [-0.15, -0.1) is 13.2 Å². The number of aromatic nitrogens is 2. The number of halogens is 3. The van der Waals surface area contributed by atoms with Crippen molar-refractivity contribution in [2.45, 2.75) is 33.2 Å². The zero-order chi connectivity index (χ0) is 21.3. The minimum absolute atomic E-state index is 0.0206. The van der Waals surface area contributed by atoms with E-state index < -0.39 is 6.36 Å². The predicted molar refractivity (Wildman–Crippen MR) is 104 cm³/mol. The Hall–Kier alpha value is -3.03. The Balaban J connectivity index is 1.93. The van der Waals surface area contributed by atoms with Crippen LogP contribution in [0.5, 0.6) is 5.75 Å². The number of nitrogens with zero attached hydrogens (tertiary/aromatic N) is 3. The van der Waals surface area contributed by atoms with Gasteiger partial charge in [0.2, 0.25) is 5.91 Å². The number of likely N-dealkylation sites (N-methyl/N-ethyl adjacent to an activating group) is 1. The molecule has 3 aromatic rings. The monoisotopic (exact) mass is 405 g/mol. The molecule has 1 amide bonds.